The van der Waals surface area contributed by atoms with Gasteiger partial charge < -0.3 is 96.6 Å². The number of esters is 1. The van der Waals surface area contributed by atoms with Gasteiger partial charge in [0.25, 0.3) is 23.3 Å². The second-order valence-electron chi connectivity index (χ2n) is 22.5. The van der Waals surface area contributed by atoms with Gasteiger partial charge in [-0.2, -0.15) is 0 Å². The molecule has 2 aromatic carbocycles. The Hall–Kier alpha value is -8.01. The molecule has 2 saturated heterocycles. The largest absolute Gasteiger partial charge is 0.501 e. The molecule has 93 heavy (non-hydrogen) atoms. The van der Waals surface area contributed by atoms with Crippen LogP contribution in [0.1, 0.15) is 63.6 Å². The predicted molar refractivity (Wildman–Crippen MR) is 305 cm³/mol. The number of aliphatic hydroxyl groups excluding tert-OH is 6. The van der Waals surface area contributed by atoms with E-state index in [2.05, 4.69) is 10.3 Å². The smallest absolute Gasteiger partial charge is 0.479 e. The average molecular weight is 1330 g/mol. The Kier molecular flexibility index (Phi) is 19.4. The van der Waals surface area contributed by atoms with Crippen molar-refractivity contribution in [2.24, 2.45) is 0 Å². The lowest BCUT2D eigenvalue weighted by Crippen LogP contribution is -2.62. The molecule has 5 aliphatic heterocycles. The van der Waals surface area contributed by atoms with Crippen LogP contribution in [0.15, 0.2) is 53.5 Å². The number of carbonyl (C=O) groups is 5. The number of rotatable bonds is 26. The van der Waals surface area contributed by atoms with Crippen molar-refractivity contribution < 1.29 is 124 Å². The SMILES string of the molecule is CC[C@@]1(O)C(=O)OCc2c1cc1n(c2=O)Cc2c-1nc1cc(F)c(OS(=O)(=O)Oc3cc(C(=O)N(C)CCOCCOCCOCCn4cc(CN5C(=O)C=CC5=O)nn4)ccc3O[C@@H]3O[C@H](COC4O[C@H](C(=O)O)[C@@H](O)[C@H](O)[C@H]4O)[C@@H](O)[C@H](O)[C@H]3O)c3c1c2CCC3. The summed E-state index contributed by atoms with van der Waals surface area (Å²) in [5.41, 5.74) is -0.534. The Balaban J connectivity index is 0.774. The number of aliphatic hydroxyl groups is 7. The van der Waals surface area contributed by atoms with Crippen molar-refractivity contribution in [1.82, 2.24) is 34.3 Å². The maximum atomic E-state index is 16.7. The van der Waals surface area contributed by atoms with Crippen molar-refractivity contribution in [2.75, 3.05) is 59.8 Å². The van der Waals surface area contributed by atoms with Crippen molar-refractivity contribution in [3.63, 3.8) is 0 Å². The van der Waals surface area contributed by atoms with Crippen LogP contribution in [0.2, 0.25) is 0 Å². The van der Waals surface area contributed by atoms with Gasteiger partial charge in [0.05, 0.1) is 94.5 Å². The normalized spacial score (nSPS) is 25.6. The van der Waals surface area contributed by atoms with E-state index in [-0.39, 0.29) is 118 Å². The minimum absolute atomic E-state index is 0.0102. The number of carboxylic acids is 1. The van der Waals surface area contributed by atoms with Gasteiger partial charge in [-0.15, -0.1) is 13.5 Å². The first-order valence-corrected chi connectivity index (χ1v) is 30.6. The van der Waals surface area contributed by atoms with Crippen molar-refractivity contribution in [3.8, 4) is 28.6 Å². The zero-order valence-corrected chi connectivity index (χ0v) is 50.4. The van der Waals surface area contributed by atoms with Crippen LogP contribution in [-0.4, -0.2) is 235 Å². The van der Waals surface area contributed by atoms with Crippen LogP contribution < -0.4 is 18.7 Å². The molecule has 0 spiro atoms. The highest BCUT2D eigenvalue weighted by Crippen LogP contribution is 2.46. The van der Waals surface area contributed by atoms with E-state index in [1.54, 1.807) is 13.1 Å². The number of nitrogens with zero attached hydrogens (tertiary/aromatic N) is 7. The van der Waals surface area contributed by atoms with Gasteiger partial charge in [0.2, 0.25) is 6.29 Å². The van der Waals surface area contributed by atoms with E-state index in [1.165, 1.54) is 39.4 Å². The first-order chi connectivity index (χ1) is 44.4. The lowest BCUT2D eigenvalue weighted by atomic mass is 9.85. The maximum Gasteiger partial charge on any atom is 0.501 e. The van der Waals surface area contributed by atoms with Gasteiger partial charge in [-0.05, 0) is 55.5 Å². The molecule has 5 aromatic rings. The van der Waals surface area contributed by atoms with Gasteiger partial charge in [0.15, 0.2) is 41.1 Å². The van der Waals surface area contributed by atoms with Crippen LogP contribution >= 0.6 is 0 Å². The first kappa shape index (κ1) is 66.4. The highest BCUT2D eigenvalue weighted by Gasteiger charge is 2.51. The topological polar surface area (TPSA) is 446 Å². The fourth-order valence-corrected chi connectivity index (χ4v) is 12.4. The summed E-state index contributed by atoms with van der Waals surface area (Å²) in [6.07, 6.45) is -15.7. The van der Waals surface area contributed by atoms with E-state index >= 15 is 4.39 Å². The van der Waals surface area contributed by atoms with Crippen LogP contribution in [0.25, 0.3) is 22.3 Å². The van der Waals surface area contributed by atoms with Crippen LogP contribution in [-0.2, 0) is 107 Å². The monoisotopic (exact) mass is 1330 g/mol. The molecule has 500 valence electrons. The summed E-state index contributed by atoms with van der Waals surface area (Å²) in [7, 11) is -4.12. The highest BCUT2D eigenvalue weighted by atomic mass is 32.3. The second-order valence-corrected chi connectivity index (χ2v) is 23.7. The molecule has 6 aliphatic rings. The van der Waals surface area contributed by atoms with E-state index in [0.717, 1.165) is 29.2 Å². The Morgan fingerprint density at radius 2 is 1.49 bits per heavy atom. The number of ether oxygens (including phenoxy) is 8. The third kappa shape index (κ3) is 13.3. The number of aromatic nitrogens is 5. The molecule has 2 fully saturated rings. The standard InChI is InChI=1S/C58H64FN7O26S/c1-3-58(80)33-20-36-43-31(24-65(36)53(76)32(33)25-87-57(58)79)29-5-4-6-30-42(29)35(60-43)21-34(59)50(30)92-93(81,82)91-38-19-27(7-8-37(38)88-56-49(74)45(70)44(69)39(89-56)26-86-55-48(73)46(71)47(72)51(90-55)54(77)78)52(75)63(2)11-13-83-15-17-85-18-16-84-14-12-64-22-28(61-62-64)23-66-40(67)9-10-41(66)68/h7-10,19-22,39,44-49,51,55-56,69-74,80H,3-6,11-18,23-26H2,1-2H3,(H,77,78)/t39-,44-,45+,46+,47+,48-,49-,51+,55?,56-,58+/m1/s1. The number of cyclic esters (lactones) is 1. The van der Waals surface area contributed by atoms with E-state index in [1.807, 2.05) is 0 Å². The summed E-state index contributed by atoms with van der Waals surface area (Å²) in [4.78, 5) is 83.2. The Bertz CT molecular complexity index is 3940. The van der Waals surface area contributed by atoms with Gasteiger partial charge in [-0.1, -0.05) is 12.1 Å². The summed E-state index contributed by atoms with van der Waals surface area (Å²) < 4.78 is 103. The fourth-order valence-electron chi connectivity index (χ4n) is 11.6. The molecule has 1 aliphatic carbocycles. The van der Waals surface area contributed by atoms with E-state index in [0.29, 0.717) is 41.6 Å². The maximum absolute atomic E-state index is 16.7. The zero-order valence-electron chi connectivity index (χ0n) is 49.5. The molecular formula is C58H64FN7O26S. The molecule has 0 saturated carbocycles. The number of likely N-dealkylation sites (N-methyl/N-ethyl adjacent to an activating group) is 1. The van der Waals surface area contributed by atoms with Crippen LogP contribution in [0.4, 0.5) is 4.39 Å². The third-order valence-corrected chi connectivity index (χ3v) is 17.4. The molecule has 11 atom stereocenters. The van der Waals surface area contributed by atoms with Gasteiger partial charge in [0.1, 0.15) is 55.0 Å². The summed E-state index contributed by atoms with van der Waals surface area (Å²) in [6, 6.07) is 5.52. The van der Waals surface area contributed by atoms with Crippen LogP contribution in [0, 0.1) is 5.82 Å². The van der Waals surface area contributed by atoms with Gasteiger partial charge in [0, 0.05) is 59.5 Å². The summed E-state index contributed by atoms with van der Waals surface area (Å²) in [5, 5.41) is 93.1. The highest BCUT2D eigenvalue weighted by molar-refractivity contribution is 7.82. The number of pyridine rings is 2. The molecule has 0 bridgehead atoms. The third-order valence-electron chi connectivity index (χ3n) is 16.6. The summed E-state index contributed by atoms with van der Waals surface area (Å²) >= 11 is 0. The van der Waals surface area contributed by atoms with Crippen molar-refractivity contribution in [3.05, 3.63) is 104 Å². The Morgan fingerprint density at radius 3 is 2.22 bits per heavy atom. The number of aryl methyl sites for hydroxylation is 2. The molecule has 8 heterocycles. The van der Waals surface area contributed by atoms with Gasteiger partial charge in [-0.3, -0.25) is 24.1 Å². The number of hydrogen-bond acceptors (Lipinski definition) is 28. The van der Waals surface area contributed by atoms with Gasteiger partial charge >= 0.3 is 22.3 Å². The van der Waals surface area contributed by atoms with E-state index in [9.17, 15) is 78.0 Å². The molecule has 33 nitrogen and oxygen atoms in total. The molecule has 3 amide bonds. The van der Waals surface area contributed by atoms with Gasteiger partial charge in [-0.25, -0.2) is 23.6 Å². The number of fused-ring (bicyclic) bond motifs is 5. The fraction of sp³-hybridized carbons (Fsp3) is 0.500. The summed E-state index contributed by atoms with van der Waals surface area (Å²) in [6.45, 7) is 1.50. The van der Waals surface area contributed by atoms with Crippen LogP contribution in [0.5, 0.6) is 17.2 Å². The number of carbonyl (C=O) groups excluding carboxylic acids is 4. The van der Waals surface area contributed by atoms with Crippen molar-refractivity contribution >= 4 is 51.0 Å². The number of halogens is 1. The number of benzene rings is 2. The van der Waals surface area contributed by atoms with Crippen molar-refractivity contribution in [1.29, 1.82) is 0 Å². The second kappa shape index (κ2) is 27.1. The van der Waals surface area contributed by atoms with E-state index < -0.39 is 142 Å². The van der Waals surface area contributed by atoms with E-state index in [4.69, 9.17) is 51.2 Å². The number of imide groups is 1. The summed E-state index contributed by atoms with van der Waals surface area (Å²) in [5.74, 6) is -7.72. The predicted octanol–water partition coefficient (Wildman–Crippen LogP) is -2.66. The molecule has 35 heteroatoms. The first-order valence-electron chi connectivity index (χ1n) is 29.3. The molecule has 3 aromatic heterocycles. The quantitative estimate of drug-likeness (QED) is 0.0156. The molecule has 11 rings (SSSR count). The number of aliphatic carboxylic acids is 1. The lowest BCUT2D eigenvalue weighted by molar-refractivity contribution is -0.318. The molecule has 1 unspecified atom stereocenters. The lowest BCUT2D eigenvalue weighted by Gasteiger charge is -2.42. The molecular weight excluding hydrogens is 1260 g/mol. The Labute approximate surface area is 525 Å². The van der Waals surface area contributed by atoms with Crippen LogP contribution in [0.3, 0.4) is 0 Å². The Morgan fingerprint density at radius 1 is 0.806 bits per heavy atom. The minimum atomic E-state index is -5.52. The van der Waals surface area contributed by atoms with Crippen molar-refractivity contribution in [2.45, 2.75) is 126 Å². The number of amides is 3. The number of carboxylic acid groups (broad SMARTS) is 1. The molecule has 0 radical (unpaired) electrons. The molecule has 8 N–H and O–H groups in total. The number of hydrogen-bond donors (Lipinski definition) is 8. The minimum Gasteiger partial charge on any atom is -0.479 e. The zero-order chi connectivity index (χ0) is 66.4. The average Bonchev–Trinajstić information content (AvgIpc) is 1.63.